The molecule has 5 heteroatoms. The number of benzene rings is 8. The molecule has 0 saturated carbocycles. The van der Waals surface area contributed by atoms with E-state index < -0.39 is 0 Å². The summed E-state index contributed by atoms with van der Waals surface area (Å²) in [6.07, 6.45) is 0. The molecule has 2 aromatic heterocycles. The SMILES string of the molecule is [C-]#[N+]c1cc(C#N)cc(-c2ccc(N(c3ccc(-c4cccc5c4sc4ccccc45)cc3)c3ccc(-c4cccc5c4sc4ccccc45)cc3)cc2)c1. The Balaban J connectivity index is 1.06. The number of hydrogen-bond acceptors (Lipinski definition) is 4. The molecular weight excluding hydrogens is 707 g/mol. The Bertz CT molecular complexity index is 2970. The fourth-order valence-electron chi connectivity index (χ4n) is 7.69. The van der Waals surface area contributed by atoms with Gasteiger partial charge in [0.2, 0.25) is 0 Å². The largest absolute Gasteiger partial charge is 0.311 e. The first-order valence-electron chi connectivity index (χ1n) is 18.0. The summed E-state index contributed by atoms with van der Waals surface area (Å²) in [5, 5.41) is 14.8. The highest BCUT2D eigenvalue weighted by Crippen LogP contribution is 2.43. The molecule has 0 amide bonds. The molecule has 0 atom stereocenters. The van der Waals surface area contributed by atoms with Gasteiger partial charge in [0.05, 0.1) is 12.6 Å². The van der Waals surface area contributed by atoms with Crippen LogP contribution in [0.5, 0.6) is 0 Å². The zero-order valence-corrected chi connectivity index (χ0v) is 31.0. The van der Waals surface area contributed by atoms with E-state index in [0.717, 1.165) is 28.2 Å². The van der Waals surface area contributed by atoms with E-state index in [-0.39, 0.29) is 0 Å². The van der Waals surface area contributed by atoms with Crippen LogP contribution in [0.2, 0.25) is 0 Å². The van der Waals surface area contributed by atoms with Gasteiger partial charge in [0.1, 0.15) is 0 Å². The summed E-state index contributed by atoms with van der Waals surface area (Å²) < 4.78 is 5.20. The Labute approximate surface area is 326 Å². The number of hydrogen-bond donors (Lipinski definition) is 0. The van der Waals surface area contributed by atoms with Crippen LogP contribution in [0.25, 0.3) is 78.6 Å². The molecule has 0 aliphatic carbocycles. The maximum Gasteiger partial charge on any atom is 0.189 e. The summed E-state index contributed by atoms with van der Waals surface area (Å²) in [6, 6.07) is 64.1. The van der Waals surface area contributed by atoms with Crippen molar-refractivity contribution in [2.75, 3.05) is 4.90 Å². The zero-order chi connectivity index (χ0) is 36.9. The highest BCUT2D eigenvalue weighted by atomic mass is 32.1. The van der Waals surface area contributed by atoms with E-state index in [1.54, 1.807) is 6.07 Å². The van der Waals surface area contributed by atoms with E-state index >= 15 is 0 Å². The quantitative estimate of drug-likeness (QED) is 0.159. The number of nitrogens with zero attached hydrogens (tertiary/aromatic N) is 3. The maximum atomic E-state index is 9.59. The predicted molar refractivity (Wildman–Crippen MR) is 234 cm³/mol. The Morgan fingerprint density at radius 3 is 1.38 bits per heavy atom. The number of nitriles is 1. The zero-order valence-electron chi connectivity index (χ0n) is 29.4. The van der Waals surface area contributed by atoms with Crippen LogP contribution < -0.4 is 4.90 Å². The molecule has 55 heavy (non-hydrogen) atoms. The molecule has 0 radical (unpaired) electrons. The third-order valence-electron chi connectivity index (χ3n) is 10.3. The standard InChI is InChI=1S/C50H29N3S2/c1-52-37-29-32(31-51)28-36(30-37)33-16-22-38(23-17-33)53(39-24-18-34(19-25-39)41-10-6-12-45-43-8-2-4-14-47(43)54-49(41)45)40-26-20-35(21-27-40)42-11-7-13-46-44-9-3-5-15-48(44)55-50(42)46/h2-30H. The molecule has 0 aliphatic rings. The van der Waals surface area contributed by atoms with Gasteiger partial charge in [-0.25, -0.2) is 4.85 Å². The summed E-state index contributed by atoms with van der Waals surface area (Å²) in [6.45, 7) is 7.54. The third-order valence-corrected chi connectivity index (χ3v) is 12.8. The van der Waals surface area contributed by atoms with Gasteiger partial charge in [-0.3, -0.25) is 0 Å². The monoisotopic (exact) mass is 735 g/mol. The van der Waals surface area contributed by atoms with Crippen molar-refractivity contribution in [3.8, 4) is 39.4 Å². The van der Waals surface area contributed by atoms with Crippen molar-refractivity contribution >= 4 is 85.8 Å². The maximum absolute atomic E-state index is 9.59. The Kier molecular flexibility index (Phi) is 7.97. The van der Waals surface area contributed by atoms with Crippen LogP contribution >= 0.6 is 22.7 Å². The lowest BCUT2D eigenvalue weighted by molar-refractivity contribution is 1.28. The second-order valence-corrected chi connectivity index (χ2v) is 15.6. The molecule has 0 spiro atoms. The van der Waals surface area contributed by atoms with Crippen molar-refractivity contribution in [1.29, 1.82) is 5.26 Å². The van der Waals surface area contributed by atoms with Crippen LogP contribution in [0, 0.1) is 17.9 Å². The molecule has 0 unspecified atom stereocenters. The van der Waals surface area contributed by atoms with Gasteiger partial charge in [0.15, 0.2) is 5.69 Å². The molecule has 0 bridgehead atoms. The predicted octanol–water partition coefficient (Wildman–Crippen LogP) is 15.3. The summed E-state index contributed by atoms with van der Waals surface area (Å²) in [7, 11) is 0. The van der Waals surface area contributed by atoms with E-state index in [0.29, 0.717) is 11.3 Å². The van der Waals surface area contributed by atoms with Crippen LogP contribution in [0.15, 0.2) is 176 Å². The van der Waals surface area contributed by atoms with Crippen molar-refractivity contribution < 1.29 is 0 Å². The first-order valence-corrected chi connectivity index (χ1v) is 19.6. The van der Waals surface area contributed by atoms with Crippen molar-refractivity contribution in [3.63, 3.8) is 0 Å². The highest BCUT2D eigenvalue weighted by Gasteiger charge is 2.17. The lowest BCUT2D eigenvalue weighted by Crippen LogP contribution is -2.09. The van der Waals surface area contributed by atoms with Crippen LogP contribution in [0.3, 0.4) is 0 Å². The Morgan fingerprint density at radius 1 is 0.455 bits per heavy atom. The summed E-state index contributed by atoms with van der Waals surface area (Å²) in [5.41, 5.74) is 10.6. The van der Waals surface area contributed by atoms with E-state index in [1.807, 2.05) is 34.8 Å². The lowest BCUT2D eigenvalue weighted by Gasteiger charge is -2.26. The fraction of sp³-hybridized carbons (Fsp3) is 0. The molecule has 3 nitrogen and oxygen atoms in total. The van der Waals surface area contributed by atoms with E-state index in [2.05, 4.69) is 174 Å². The van der Waals surface area contributed by atoms with E-state index in [1.165, 1.54) is 62.6 Å². The van der Waals surface area contributed by atoms with Crippen LogP contribution in [-0.2, 0) is 0 Å². The molecule has 0 saturated heterocycles. The van der Waals surface area contributed by atoms with Crippen molar-refractivity contribution in [3.05, 3.63) is 193 Å². The smallest absolute Gasteiger partial charge is 0.189 e. The van der Waals surface area contributed by atoms with Crippen molar-refractivity contribution in [2.45, 2.75) is 0 Å². The molecule has 0 aliphatic heterocycles. The number of thiophene rings is 2. The van der Waals surface area contributed by atoms with Gasteiger partial charge in [-0.1, -0.05) is 109 Å². The van der Waals surface area contributed by atoms with Gasteiger partial charge in [0, 0.05) is 63.0 Å². The number of fused-ring (bicyclic) bond motifs is 6. The van der Waals surface area contributed by atoms with E-state index in [9.17, 15) is 5.26 Å². The second kappa shape index (κ2) is 13.4. The van der Waals surface area contributed by atoms with Gasteiger partial charge in [-0.2, -0.15) is 5.26 Å². The Morgan fingerprint density at radius 2 is 0.909 bits per heavy atom. The summed E-state index contributed by atoms with van der Waals surface area (Å²) in [5.74, 6) is 0. The second-order valence-electron chi connectivity index (χ2n) is 13.5. The first kappa shape index (κ1) is 32.6. The molecule has 0 N–H and O–H groups in total. The van der Waals surface area contributed by atoms with Gasteiger partial charge in [-0.15, -0.1) is 22.7 Å². The highest BCUT2D eigenvalue weighted by molar-refractivity contribution is 7.26. The summed E-state index contributed by atoms with van der Waals surface area (Å²) >= 11 is 3.70. The molecular formula is C50H29N3S2. The minimum Gasteiger partial charge on any atom is -0.311 e. The first-order chi connectivity index (χ1) is 27.1. The van der Waals surface area contributed by atoms with Gasteiger partial charge >= 0.3 is 0 Å². The van der Waals surface area contributed by atoms with Gasteiger partial charge in [0.25, 0.3) is 0 Å². The van der Waals surface area contributed by atoms with Crippen LogP contribution in [0.1, 0.15) is 5.56 Å². The van der Waals surface area contributed by atoms with E-state index in [4.69, 9.17) is 6.57 Å². The molecule has 256 valence electrons. The number of rotatable bonds is 6. The number of anilines is 3. The van der Waals surface area contributed by atoms with Crippen LogP contribution in [-0.4, -0.2) is 0 Å². The topological polar surface area (TPSA) is 31.4 Å². The molecule has 10 aromatic rings. The molecule has 8 aromatic carbocycles. The lowest BCUT2D eigenvalue weighted by atomic mass is 10.0. The molecule has 2 heterocycles. The average molecular weight is 736 g/mol. The average Bonchev–Trinajstić information content (AvgIpc) is 3.83. The van der Waals surface area contributed by atoms with Crippen molar-refractivity contribution in [2.24, 2.45) is 0 Å². The Hall–Kier alpha value is -7.02. The molecule has 0 fully saturated rings. The molecule has 10 rings (SSSR count). The van der Waals surface area contributed by atoms with Crippen LogP contribution in [0.4, 0.5) is 22.7 Å². The normalized spacial score (nSPS) is 11.2. The minimum atomic E-state index is 0.456. The summed E-state index contributed by atoms with van der Waals surface area (Å²) in [4.78, 5) is 5.88. The van der Waals surface area contributed by atoms with Gasteiger partial charge < -0.3 is 4.90 Å². The van der Waals surface area contributed by atoms with Gasteiger partial charge in [-0.05, 0) is 100 Å². The fourth-order valence-corrected chi connectivity index (χ4v) is 10.2. The third kappa shape index (κ3) is 5.71. The van der Waals surface area contributed by atoms with Crippen molar-refractivity contribution in [1.82, 2.24) is 0 Å². The minimum absolute atomic E-state index is 0.456.